The highest BCUT2D eigenvalue weighted by Gasteiger charge is 2.24. The van der Waals surface area contributed by atoms with E-state index in [1.165, 1.54) is 0 Å². The van der Waals surface area contributed by atoms with Gasteiger partial charge < -0.3 is 4.74 Å². The molecule has 16 heavy (non-hydrogen) atoms. The van der Waals surface area contributed by atoms with Gasteiger partial charge in [-0.1, -0.05) is 32.0 Å². The number of ether oxygens (including phenoxy) is 1. The molecule has 0 spiro atoms. The van der Waals surface area contributed by atoms with Gasteiger partial charge in [-0.05, 0) is 18.1 Å². The highest BCUT2D eigenvalue weighted by Crippen LogP contribution is 2.22. The van der Waals surface area contributed by atoms with Gasteiger partial charge in [0.1, 0.15) is 5.94 Å². The van der Waals surface area contributed by atoms with Crippen molar-refractivity contribution in [2.75, 3.05) is 12.5 Å². The predicted molar refractivity (Wildman–Crippen MR) is 64.7 cm³/mol. The van der Waals surface area contributed by atoms with Crippen molar-refractivity contribution in [2.24, 2.45) is 10.3 Å². The lowest BCUT2D eigenvalue weighted by Gasteiger charge is -2.24. The minimum atomic E-state index is -2.36. The molecule has 0 saturated carbocycles. The largest absolute Gasteiger partial charge is 0.365 e. The highest BCUT2D eigenvalue weighted by molar-refractivity contribution is 7.93. The van der Waals surface area contributed by atoms with Crippen LogP contribution < -0.4 is 0 Å². The number of benzene rings is 1. The topological polar surface area (TPSA) is 38.7 Å². The molecule has 2 rings (SSSR count). The van der Waals surface area contributed by atoms with Gasteiger partial charge in [0.2, 0.25) is 0 Å². The fourth-order valence-electron chi connectivity index (χ4n) is 1.64. The van der Waals surface area contributed by atoms with Crippen molar-refractivity contribution in [2.45, 2.75) is 24.8 Å². The third kappa shape index (κ3) is 2.28. The van der Waals surface area contributed by atoms with E-state index in [0.29, 0.717) is 12.5 Å². The lowest BCUT2D eigenvalue weighted by molar-refractivity contribution is 0.140. The van der Waals surface area contributed by atoms with Crippen molar-refractivity contribution in [3.8, 4) is 0 Å². The summed E-state index contributed by atoms with van der Waals surface area (Å²) < 4.78 is 22.6. The fourth-order valence-corrected chi connectivity index (χ4v) is 3.60. The second kappa shape index (κ2) is 4.55. The standard InChI is InChI=1S/C12H17NO2S/c1-10(2)12-8-15-9-16(14,13-12)11-6-4-3-5-7-11/h3-7,10,12H,8-9H2,1-2H3/t12-,16?/m1/s1. The smallest absolute Gasteiger partial charge is 0.134 e. The van der Waals surface area contributed by atoms with Crippen LogP contribution in [0.15, 0.2) is 39.6 Å². The van der Waals surface area contributed by atoms with Crippen LogP contribution in [-0.4, -0.2) is 22.8 Å². The molecular weight excluding hydrogens is 222 g/mol. The van der Waals surface area contributed by atoms with E-state index in [2.05, 4.69) is 18.2 Å². The molecule has 0 bridgehead atoms. The van der Waals surface area contributed by atoms with Crippen LogP contribution in [0.5, 0.6) is 0 Å². The molecule has 0 aromatic heterocycles. The fraction of sp³-hybridized carbons (Fsp3) is 0.500. The number of nitrogens with zero attached hydrogens (tertiary/aromatic N) is 1. The molecule has 1 aromatic carbocycles. The highest BCUT2D eigenvalue weighted by atomic mass is 32.2. The molecule has 1 unspecified atom stereocenters. The van der Waals surface area contributed by atoms with Gasteiger partial charge in [-0.3, -0.25) is 0 Å². The molecule has 0 aliphatic carbocycles. The molecule has 4 heteroatoms. The van der Waals surface area contributed by atoms with Crippen molar-refractivity contribution in [1.29, 1.82) is 0 Å². The van der Waals surface area contributed by atoms with Crippen LogP contribution in [0.25, 0.3) is 0 Å². The Labute approximate surface area is 97.0 Å². The first kappa shape index (κ1) is 11.6. The van der Waals surface area contributed by atoms with Gasteiger partial charge >= 0.3 is 0 Å². The first-order valence-corrected chi connectivity index (χ1v) is 7.17. The zero-order chi connectivity index (χ0) is 11.6. The molecular formula is C12H17NO2S. The van der Waals surface area contributed by atoms with Crippen LogP contribution in [0.2, 0.25) is 0 Å². The van der Waals surface area contributed by atoms with E-state index < -0.39 is 9.73 Å². The molecule has 0 fully saturated rings. The maximum atomic E-state index is 12.6. The minimum absolute atomic E-state index is 0.0430. The number of hydrogen-bond acceptors (Lipinski definition) is 3. The summed E-state index contributed by atoms with van der Waals surface area (Å²) in [6, 6.07) is 9.44. The maximum absolute atomic E-state index is 12.6. The van der Waals surface area contributed by atoms with E-state index in [9.17, 15) is 4.21 Å². The summed E-state index contributed by atoms with van der Waals surface area (Å²) in [5, 5.41) is 0. The van der Waals surface area contributed by atoms with Gasteiger partial charge in [-0.2, -0.15) is 0 Å². The van der Waals surface area contributed by atoms with E-state index in [0.717, 1.165) is 4.90 Å². The van der Waals surface area contributed by atoms with Crippen LogP contribution in [-0.2, 0) is 14.5 Å². The number of hydrogen-bond donors (Lipinski definition) is 0. The zero-order valence-electron chi connectivity index (χ0n) is 9.63. The molecule has 88 valence electrons. The Hall–Kier alpha value is -0.870. The molecule has 0 radical (unpaired) electrons. The summed E-state index contributed by atoms with van der Waals surface area (Å²) in [5.41, 5.74) is 0. The monoisotopic (exact) mass is 239 g/mol. The lowest BCUT2D eigenvalue weighted by Crippen LogP contribution is -2.29. The number of rotatable bonds is 2. The van der Waals surface area contributed by atoms with Crippen molar-refractivity contribution in [3.05, 3.63) is 30.3 Å². The van der Waals surface area contributed by atoms with Crippen molar-refractivity contribution < 1.29 is 8.95 Å². The first-order chi connectivity index (χ1) is 7.62. The summed E-state index contributed by atoms with van der Waals surface area (Å²) in [6.07, 6.45) is 0. The van der Waals surface area contributed by atoms with Crippen LogP contribution in [0.3, 0.4) is 0 Å². The van der Waals surface area contributed by atoms with Gasteiger partial charge in [0.05, 0.1) is 22.4 Å². The molecule has 1 aliphatic rings. The van der Waals surface area contributed by atoms with Gasteiger partial charge in [0.15, 0.2) is 0 Å². The minimum Gasteiger partial charge on any atom is -0.365 e. The normalized spacial score (nSPS) is 30.1. The Morgan fingerprint density at radius 3 is 2.69 bits per heavy atom. The Morgan fingerprint density at radius 2 is 2.06 bits per heavy atom. The van der Waals surface area contributed by atoms with Crippen molar-refractivity contribution in [1.82, 2.24) is 0 Å². The summed E-state index contributed by atoms with van der Waals surface area (Å²) in [5.74, 6) is 0.588. The van der Waals surface area contributed by atoms with E-state index in [1.807, 2.05) is 30.3 Å². The van der Waals surface area contributed by atoms with E-state index in [-0.39, 0.29) is 12.0 Å². The van der Waals surface area contributed by atoms with E-state index in [4.69, 9.17) is 4.74 Å². The predicted octanol–water partition coefficient (Wildman–Crippen LogP) is 2.53. The Morgan fingerprint density at radius 1 is 1.38 bits per heavy atom. The SMILES string of the molecule is CC(C)[C@H]1COCS(=O)(c2ccccc2)=N1. The maximum Gasteiger partial charge on any atom is 0.134 e. The van der Waals surface area contributed by atoms with Crippen LogP contribution in [0.1, 0.15) is 13.8 Å². The summed E-state index contributed by atoms with van der Waals surface area (Å²) in [7, 11) is -2.36. The van der Waals surface area contributed by atoms with Gasteiger partial charge in [0, 0.05) is 4.90 Å². The van der Waals surface area contributed by atoms with E-state index in [1.54, 1.807) is 0 Å². The Kier molecular flexibility index (Phi) is 3.30. The van der Waals surface area contributed by atoms with E-state index >= 15 is 0 Å². The lowest BCUT2D eigenvalue weighted by atomic mass is 10.1. The third-order valence-corrected chi connectivity index (χ3v) is 4.82. The quantitative estimate of drug-likeness (QED) is 0.795. The molecule has 1 aromatic rings. The molecule has 0 amide bonds. The van der Waals surface area contributed by atoms with Crippen LogP contribution >= 0.6 is 0 Å². The average molecular weight is 239 g/mol. The average Bonchev–Trinajstić information content (AvgIpc) is 2.30. The van der Waals surface area contributed by atoms with Crippen LogP contribution in [0.4, 0.5) is 0 Å². The molecule has 2 atom stereocenters. The Bertz CT molecular complexity index is 461. The second-order valence-electron chi connectivity index (χ2n) is 4.36. The third-order valence-electron chi connectivity index (χ3n) is 2.72. The summed E-state index contributed by atoms with van der Waals surface area (Å²) in [4.78, 5) is 0.778. The van der Waals surface area contributed by atoms with Gasteiger partial charge in [0.25, 0.3) is 0 Å². The molecule has 1 heterocycles. The van der Waals surface area contributed by atoms with Gasteiger partial charge in [-0.25, -0.2) is 8.57 Å². The van der Waals surface area contributed by atoms with Crippen molar-refractivity contribution >= 4 is 9.73 Å². The first-order valence-electron chi connectivity index (χ1n) is 5.48. The molecule has 1 aliphatic heterocycles. The summed E-state index contributed by atoms with van der Waals surface area (Å²) in [6.45, 7) is 4.74. The second-order valence-corrected chi connectivity index (χ2v) is 6.56. The Balaban J connectivity index is 2.42. The molecule has 0 saturated heterocycles. The summed E-state index contributed by atoms with van der Waals surface area (Å²) >= 11 is 0. The van der Waals surface area contributed by atoms with Crippen molar-refractivity contribution in [3.63, 3.8) is 0 Å². The van der Waals surface area contributed by atoms with Gasteiger partial charge in [-0.15, -0.1) is 0 Å². The molecule has 3 nitrogen and oxygen atoms in total. The van der Waals surface area contributed by atoms with Crippen LogP contribution in [0, 0.1) is 5.92 Å². The molecule has 0 N–H and O–H groups in total. The zero-order valence-corrected chi connectivity index (χ0v) is 10.4.